The van der Waals surface area contributed by atoms with Crippen LogP contribution in [0.25, 0.3) is 0 Å². The third-order valence-electron chi connectivity index (χ3n) is 6.00. The first-order valence-electron chi connectivity index (χ1n) is 10.3. The first kappa shape index (κ1) is 19.8. The van der Waals surface area contributed by atoms with Crippen molar-refractivity contribution in [3.8, 4) is 0 Å². The molecule has 3 heterocycles. The first-order valence-corrected chi connectivity index (χ1v) is 11.1. The highest BCUT2D eigenvalue weighted by Gasteiger charge is 2.38. The number of piperidine rings is 2. The molecular formula is C18H28F2N6OS. The third kappa shape index (κ3) is 4.89. The minimum Gasteiger partial charge on any atom is -0.346 e. The summed E-state index contributed by atoms with van der Waals surface area (Å²) in [6, 6.07) is 0.248. The van der Waals surface area contributed by atoms with E-state index in [-0.39, 0.29) is 31.1 Å². The van der Waals surface area contributed by atoms with E-state index < -0.39 is 5.92 Å². The predicted octanol–water partition coefficient (Wildman–Crippen LogP) is 3.30. The highest BCUT2D eigenvalue weighted by atomic mass is 32.1. The Morgan fingerprint density at radius 2 is 1.82 bits per heavy atom. The van der Waals surface area contributed by atoms with E-state index in [2.05, 4.69) is 25.7 Å². The van der Waals surface area contributed by atoms with E-state index >= 15 is 0 Å². The Kier molecular flexibility index (Phi) is 5.96. The number of aromatic nitrogens is 2. The number of anilines is 2. The van der Waals surface area contributed by atoms with Crippen molar-refractivity contribution in [2.45, 2.75) is 69.4 Å². The third-order valence-corrected chi connectivity index (χ3v) is 6.90. The van der Waals surface area contributed by atoms with Gasteiger partial charge < -0.3 is 10.2 Å². The minimum absolute atomic E-state index is 0.0111. The van der Waals surface area contributed by atoms with E-state index in [4.69, 9.17) is 0 Å². The predicted molar refractivity (Wildman–Crippen MR) is 105 cm³/mol. The topological polar surface area (TPSA) is 73.4 Å². The Hall–Kier alpha value is -1.55. The van der Waals surface area contributed by atoms with Gasteiger partial charge in [0.1, 0.15) is 0 Å². The maximum absolute atomic E-state index is 13.7. The van der Waals surface area contributed by atoms with Crippen molar-refractivity contribution in [1.29, 1.82) is 0 Å². The number of carbonyl (C=O) groups is 1. The van der Waals surface area contributed by atoms with E-state index in [1.165, 1.54) is 24.2 Å². The lowest BCUT2D eigenvalue weighted by atomic mass is 9.99. The number of hydrogen-bond donors (Lipinski definition) is 2. The van der Waals surface area contributed by atoms with Crippen molar-refractivity contribution >= 4 is 27.6 Å². The van der Waals surface area contributed by atoms with E-state index in [9.17, 15) is 13.6 Å². The van der Waals surface area contributed by atoms with Gasteiger partial charge in [0.05, 0.1) is 6.54 Å². The van der Waals surface area contributed by atoms with Gasteiger partial charge in [-0.2, -0.15) is 0 Å². The second-order valence-corrected chi connectivity index (χ2v) is 9.07. The van der Waals surface area contributed by atoms with Crippen LogP contribution in [0.5, 0.6) is 0 Å². The molecule has 1 aromatic rings. The molecule has 10 heteroatoms. The van der Waals surface area contributed by atoms with Crippen LogP contribution in [0.4, 0.5) is 23.8 Å². The molecule has 1 aromatic heterocycles. The van der Waals surface area contributed by atoms with Gasteiger partial charge in [0.15, 0.2) is 0 Å². The number of hydrogen-bond acceptors (Lipinski definition) is 6. The summed E-state index contributed by atoms with van der Waals surface area (Å²) in [5, 5.41) is 15.3. The molecule has 0 spiro atoms. The second kappa shape index (κ2) is 8.44. The standard InChI is InChI=1S/C18H28F2N6OS/c19-18(20)8-3-9-26(12-18)14-6-10-25(11-7-14)17-24-23-16(28-17)22-15(27)21-13-4-1-2-5-13/h13-14H,1-12H2,(H2,21,22,23,27). The van der Waals surface area contributed by atoms with Gasteiger partial charge in [-0.05, 0) is 38.6 Å². The van der Waals surface area contributed by atoms with Gasteiger partial charge in [-0.25, -0.2) is 13.6 Å². The SMILES string of the molecule is O=C(Nc1nnc(N2CCC(N3CCCC(F)(F)C3)CC2)s1)NC1CCCC1. The molecule has 2 aliphatic heterocycles. The van der Waals surface area contributed by atoms with Crippen molar-refractivity contribution in [2.24, 2.45) is 0 Å². The van der Waals surface area contributed by atoms with Crippen LogP contribution in [0.15, 0.2) is 0 Å². The molecule has 3 fully saturated rings. The molecule has 3 aliphatic rings. The van der Waals surface area contributed by atoms with Gasteiger partial charge in [-0.1, -0.05) is 24.2 Å². The molecule has 7 nitrogen and oxygen atoms in total. The number of amides is 2. The normalized spacial score (nSPS) is 24.4. The van der Waals surface area contributed by atoms with Crippen LogP contribution in [-0.2, 0) is 0 Å². The second-order valence-electron chi connectivity index (χ2n) is 8.12. The molecule has 0 aromatic carbocycles. The van der Waals surface area contributed by atoms with Gasteiger partial charge >= 0.3 is 6.03 Å². The van der Waals surface area contributed by atoms with Crippen molar-refractivity contribution < 1.29 is 13.6 Å². The van der Waals surface area contributed by atoms with Gasteiger partial charge in [0.2, 0.25) is 10.3 Å². The van der Waals surface area contributed by atoms with Crippen molar-refractivity contribution in [1.82, 2.24) is 20.4 Å². The van der Waals surface area contributed by atoms with Gasteiger partial charge in [-0.15, -0.1) is 10.2 Å². The molecule has 0 bridgehead atoms. The number of nitrogens with one attached hydrogen (secondary N) is 2. The van der Waals surface area contributed by atoms with E-state index in [1.54, 1.807) is 0 Å². The van der Waals surface area contributed by atoms with Crippen molar-refractivity contribution in [3.05, 3.63) is 0 Å². The van der Waals surface area contributed by atoms with Crippen LogP contribution < -0.4 is 15.5 Å². The van der Waals surface area contributed by atoms with Gasteiger partial charge in [0.25, 0.3) is 5.92 Å². The lowest BCUT2D eigenvalue weighted by molar-refractivity contribution is -0.0771. The summed E-state index contributed by atoms with van der Waals surface area (Å²) < 4.78 is 27.4. The summed E-state index contributed by atoms with van der Waals surface area (Å²) in [5.74, 6) is -2.55. The zero-order valence-corrected chi connectivity index (χ0v) is 16.8. The van der Waals surface area contributed by atoms with Crippen LogP contribution in [-0.4, -0.2) is 65.3 Å². The number of halogens is 2. The van der Waals surface area contributed by atoms with E-state index in [0.717, 1.165) is 50.4 Å². The van der Waals surface area contributed by atoms with E-state index in [0.29, 0.717) is 11.6 Å². The molecular weight excluding hydrogens is 386 g/mol. The molecule has 156 valence electrons. The molecule has 2 saturated heterocycles. The summed E-state index contributed by atoms with van der Waals surface area (Å²) in [7, 11) is 0. The fraction of sp³-hybridized carbons (Fsp3) is 0.833. The molecule has 0 atom stereocenters. The lowest BCUT2D eigenvalue weighted by Crippen LogP contribution is -2.51. The Morgan fingerprint density at radius 3 is 2.54 bits per heavy atom. The van der Waals surface area contributed by atoms with Crippen LogP contribution >= 0.6 is 11.3 Å². The number of urea groups is 1. The Balaban J connectivity index is 1.25. The highest BCUT2D eigenvalue weighted by Crippen LogP contribution is 2.32. The minimum atomic E-state index is -2.55. The number of carbonyl (C=O) groups excluding carboxylic acids is 1. The Bertz CT molecular complexity index is 673. The van der Waals surface area contributed by atoms with Crippen molar-refractivity contribution in [2.75, 3.05) is 36.4 Å². The van der Waals surface area contributed by atoms with E-state index in [1.807, 2.05) is 4.90 Å². The zero-order valence-electron chi connectivity index (χ0n) is 16.0. The largest absolute Gasteiger partial charge is 0.346 e. The van der Waals surface area contributed by atoms with Crippen molar-refractivity contribution in [3.63, 3.8) is 0 Å². The average molecular weight is 415 g/mol. The number of likely N-dealkylation sites (tertiary alicyclic amines) is 1. The fourth-order valence-electron chi connectivity index (χ4n) is 4.51. The molecule has 1 saturated carbocycles. The van der Waals surface area contributed by atoms with Crippen LogP contribution in [0.2, 0.25) is 0 Å². The smallest absolute Gasteiger partial charge is 0.321 e. The van der Waals surface area contributed by atoms with Gasteiger partial charge in [-0.3, -0.25) is 10.2 Å². The highest BCUT2D eigenvalue weighted by molar-refractivity contribution is 7.19. The summed E-state index contributed by atoms with van der Waals surface area (Å²) >= 11 is 1.36. The summed E-state index contributed by atoms with van der Waals surface area (Å²) in [5.41, 5.74) is 0. The van der Waals surface area contributed by atoms with Crippen LogP contribution in [0.1, 0.15) is 51.4 Å². The van der Waals surface area contributed by atoms with Gasteiger partial charge in [0, 0.05) is 31.6 Å². The fourth-order valence-corrected chi connectivity index (χ4v) is 5.30. The summed E-state index contributed by atoms with van der Waals surface area (Å²) in [4.78, 5) is 16.2. The maximum atomic E-state index is 13.7. The quantitative estimate of drug-likeness (QED) is 0.791. The molecule has 4 rings (SSSR count). The monoisotopic (exact) mass is 414 g/mol. The summed E-state index contributed by atoms with van der Waals surface area (Å²) in [6.45, 7) is 2.20. The van der Waals surface area contributed by atoms with Crippen LogP contribution in [0, 0.1) is 0 Å². The van der Waals surface area contributed by atoms with Crippen LogP contribution in [0.3, 0.4) is 0 Å². The number of nitrogens with zero attached hydrogens (tertiary/aromatic N) is 4. The molecule has 0 radical (unpaired) electrons. The number of rotatable bonds is 4. The number of alkyl halides is 2. The molecule has 0 unspecified atom stereocenters. The zero-order chi connectivity index (χ0) is 19.6. The lowest BCUT2D eigenvalue weighted by Gasteiger charge is -2.42. The Morgan fingerprint density at radius 1 is 1.07 bits per heavy atom. The summed E-state index contributed by atoms with van der Waals surface area (Å²) in [6.07, 6.45) is 6.68. The first-order chi connectivity index (χ1) is 13.5. The molecule has 2 amide bonds. The molecule has 1 aliphatic carbocycles. The molecule has 28 heavy (non-hydrogen) atoms. The Labute approximate surface area is 167 Å². The maximum Gasteiger partial charge on any atom is 0.321 e. The average Bonchev–Trinajstić information content (AvgIpc) is 3.33. The molecule has 2 N–H and O–H groups in total.